The highest BCUT2D eigenvalue weighted by Crippen LogP contribution is 2.37. The van der Waals surface area contributed by atoms with Gasteiger partial charge in [0.25, 0.3) is 0 Å². The Labute approximate surface area is 237 Å². The molecule has 1 aliphatic heterocycles. The van der Waals surface area contributed by atoms with Crippen LogP contribution in [-0.2, 0) is 19.6 Å². The third-order valence-corrected chi connectivity index (χ3v) is 8.31. The summed E-state index contributed by atoms with van der Waals surface area (Å²) in [6.07, 6.45) is 3.52. The minimum absolute atomic E-state index is 0.0546. The summed E-state index contributed by atoms with van der Waals surface area (Å²) in [5.74, 6) is -0.651. The summed E-state index contributed by atoms with van der Waals surface area (Å²) >= 11 is 1.24. The van der Waals surface area contributed by atoms with Crippen molar-refractivity contribution in [1.82, 2.24) is 9.88 Å². The van der Waals surface area contributed by atoms with Crippen LogP contribution < -0.4 is 9.08 Å². The van der Waals surface area contributed by atoms with Crippen LogP contribution in [0.25, 0.3) is 0 Å². The highest BCUT2D eigenvalue weighted by atomic mass is 32.2. The minimum atomic E-state index is -4.30. The monoisotopic (exact) mass is 589 g/mol. The third-order valence-electron chi connectivity index (χ3n) is 6.30. The van der Waals surface area contributed by atoms with Gasteiger partial charge in [-0.2, -0.15) is 8.42 Å². The van der Waals surface area contributed by atoms with E-state index in [4.69, 9.17) is 8.92 Å². The third kappa shape index (κ3) is 7.57. The molecule has 0 bridgehead atoms. The van der Waals surface area contributed by atoms with Crippen LogP contribution in [0.15, 0.2) is 65.0 Å². The zero-order valence-electron chi connectivity index (χ0n) is 22.6. The van der Waals surface area contributed by atoms with Crippen molar-refractivity contribution in [3.8, 4) is 5.75 Å². The quantitative estimate of drug-likeness (QED) is 0.291. The van der Waals surface area contributed by atoms with Gasteiger partial charge >= 0.3 is 16.2 Å². The molecule has 12 heteroatoms. The Morgan fingerprint density at radius 2 is 1.77 bits per heavy atom. The van der Waals surface area contributed by atoms with Crippen LogP contribution in [-0.4, -0.2) is 49.0 Å². The number of aromatic nitrogens is 1. The molecule has 0 atom stereocenters. The number of halogens is 1. The molecule has 1 aliphatic rings. The number of anilines is 2. The lowest BCUT2D eigenvalue weighted by Gasteiger charge is -2.33. The average Bonchev–Trinajstić information content (AvgIpc) is 3.42. The van der Waals surface area contributed by atoms with Crippen LogP contribution >= 0.6 is 11.3 Å². The predicted octanol–water partition coefficient (Wildman–Crippen LogP) is 6.14. The van der Waals surface area contributed by atoms with E-state index in [1.165, 1.54) is 22.3 Å². The topological polar surface area (TPSA) is 106 Å². The van der Waals surface area contributed by atoms with Gasteiger partial charge < -0.3 is 13.8 Å². The molecule has 2 amide bonds. The van der Waals surface area contributed by atoms with Gasteiger partial charge in [0, 0.05) is 31.1 Å². The molecule has 0 N–H and O–H groups in total. The molecule has 214 valence electrons. The molecule has 40 heavy (non-hydrogen) atoms. The normalized spacial score (nSPS) is 14.6. The van der Waals surface area contributed by atoms with Crippen molar-refractivity contribution in [2.75, 3.05) is 18.0 Å². The molecule has 1 aromatic heterocycles. The number of ether oxygens (including phenoxy) is 1. The molecule has 2 heterocycles. The number of hydrogen-bond donors (Lipinski definition) is 0. The average molecular weight is 590 g/mol. The number of para-hydroxylation sites is 2. The number of carbonyl (C=O) groups excluding carboxylic acids is 2. The summed E-state index contributed by atoms with van der Waals surface area (Å²) in [4.78, 5) is 33.1. The maximum Gasteiger partial charge on any atom is 0.410 e. The zero-order chi connectivity index (χ0) is 28.9. The molecular weight excluding hydrogens is 557 g/mol. The van der Waals surface area contributed by atoms with E-state index in [-0.39, 0.29) is 40.7 Å². The number of carbonyl (C=O) groups is 2. The summed E-state index contributed by atoms with van der Waals surface area (Å²) in [5, 5.41) is 2.10. The first kappa shape index (κ1) is 29.5. The molecule has 0 saturated carbocycles. The van der Waals surface area contributed by atoms with Gasteiger partial charge in [0.15, 0.2) is 10.9 Å². The van der Waals surface area contributed by atoms with E-state index in [1.54, 1.807) is 34.7 Å². The van der Waals surface area contributed by atoms with Crippen molar-refractivity contribution in [3.63, 3.8) is 0 Å². The first-order valence-electron chi connectivity index (χ1n) is 12.9. The van der Waals surface area contributed by atoms with Gasteiger partial charge in [-0.05, 0) is 82.3 Å². The number of likely N-dealkylation sites (tertiary alicyclic amines) is 1. The Morgan fingerprint density at radius 1 is 1.10 bits per heavy atom. The van der Waals surface area contributed by atoms with Crippen LogP contribution in [0.2, 0.25) is 0 Å². The smallest absolute Gasteiger partial charge is 0.410 e. The summed E-state index contributed by atoms with van der Waals surface area (Å²) in [6, 6.07) is 10.6. The highest BCUT2D eigenvalue weighted by Gasteiger charge is 2.30. The SMILES string of the molecule is CC(C)(C)OC(=O)N1CCC(CCC(=O)N(c2nccs2)c2ccccc2OS(=O)(=O)c2ccc(F)cc2)CC1. The van der Waals surface area contributed by atoms with E-state index < -0.39 is 21.5 Å². The molecule has 4 rings (SSSR count). The van der Waals surface area contributed by atoms with Gasteiger partial charge in [-0.15, -0.1) is 11.3 Å². The van der Waals surface area contributed by atoms with Crippen molar-refractivity contribution in [3.05, 3.63) is 65.9 Å². The Balaban J connectivity index is 1.47. The van der Waals surface area contributed by atoms with Crippen molar-refractivity contribution < 1.29 is 31.3 Å². The van der Waals surface area contributed by atoms with Gasteiger partial charge in [0.1, 0.15) is 16.3 Å². The van der Waals surface area contributed by atoms with E-state index in [0.29, 0.717) is 24.6 Å². The number of thiazole rings is 1. The van der Waals surface area contributed by atoms with E-state index in [2.05, 4.69) is 4.98 Å². The molecule has 1 fully saturated rings. The first-order valence-corrected chi connectivity index (χ1v) is 15.2. The largest absolute Gasteiger partial charge is 0.444 e. The van der Waals surface area contributed by atoms with E-state index >= 15 is 0 Å². The Bertz CT molecular complexity index is 1410. The van der Waals surface area contributed by atoms with Gasteiger partial charge in [-0.3, -0.25) is 9.69 Å². The van der Waals surface area contributed by atoms with E-state index in [1.807, 2.05) is 20.8 Å². The molecule has 0 radical (unpaired) electrons. The molecule has 3 aromatic rings. The number of benzene rings is 2. The van der Waals surface area contributed by atoms with E-state index in [0.717, 1.165) is 37.1 Å². The Hall–Kier alpha value is -3.51. The lowest BCUT2D eigenvalue weighted by molar-refractivity contribution is -0.118. The van der Waals surface area contributed by atoms with Crippen LogP contribution in [0.5, 0.6) is 5.75 Å². The second kappa shape index (κ2) is 12.3. The minimum Gasteiger partial charge on any atom is -0.444 e. The lowest BCUT2D eigenvalue weighted by atomic mass is 9.92. The van der Waals surface area contributed by atoms with Gasteiger partial charge in [-0.1, -0.05) is 12.1 Å². The number of amides is 2. The lowest BCUT2D eigenvalue weighted by Crippen LogP contribution is -2.41. The Morgan fingerprint density at radius 3 is 2.40 bits per heavy atom. The van der Waals surface area contributed by atoms with Crippen molar-refractivity contribution in [1.29, 1.82) is 0 Å². The van der Waals surface area contributed by atoms with Gasteiger partial charge in [-0.25, -0.2) is 14.2 Å². The number of piperidine rings is 1. The first-order chi connectivity index (χ1) is 18.9. The summed E-state index contributed by atoms with van der Waals surface area (Å²) in [6.45, 7) is 6.61. The molecule has 2 aromatic carbocycles. The Kier molecular flexibility index (Phi) is 9.09. The van der Waals surface area contributed by atoms with Gasteiger partial charge in [0.05, 0.1) is 5.69 Å². The highest BCUT2D eigenvalue weighted by molar-refractivity contribution is 7.87. The molecule has 0 spiro atoms. The second-order valence-electron chi connectivity index (χ2n) is 10.5. The molecule has 9 nitrogen and oxygen atoms in total. The van der Waals surface area contributed by atoms with Crippen LogP contribution in [0, 0.1) is 11.7 Å². The van der Waals surface area contributed by atoms with Crippen molar-refractivity contribution in [2.45, 2.75) is 57.0 Å². The number of hydrogen-bond acceptors (Lipinski definition) is 8. The maximum absolute atomic E-state index is 13.6. The number of rotatable bonds is 8. The fourth-order valence-corrected chi connectivity index (χ4v) is 5.93. The standard InChI is InChI=1S/C28H32FN3O6S2/c1-28(2,3)37-27(34)31-17-14-20(15-18-31)8-13-25(33)32(26-30-16-19-39-26)23-6-4-5-7-24(23)38-40(35,36)22-11-9-21(29)10-12-22/h4-7,9-12,16,19-20H,8,13-15,17-18H2,1-3H3. The van der Waals surface area contributed by atoms with Crippen LogP contribution in [0.1, 0.15) is 46.5 Å². The number of nitrogens with zero attached hydrogens (tertiary/aromatic N) is 3. The van der Waals surface area contributed by atoms with E-state index in [9.17, 15) is 22.4 Å². The summed E-state index contributed by atoms with van der Waals surface area (Å²) in [7, 11) is -4.30. The maximum atomic E-state index is 13.6. The molecule has 1 saturated heterocycles. The second-order valence-corrected chi connectivity index (χ2v) is 12.9. The van der Waals surface area contributed by atoms with Crippen molar-refractivity contribution in [2.24, 2.45) is 5.92 Å². The molecule has 0 aliphatic carbocycles. The fourth-order valence-electron chi connectivity index (χ4n) is 4.32. The van der Waals surface area contributed by atoms with Crippen molar-refractivity contribution >= 4 is 44.3 Å². The zero-order valence-corrected chi connectivity index (χ0v) is 24.2. The fraction of sp³-hybridized carbons (Fsp3) is 0.393. The van der Waals surface area contributed by atoms with Crippen LogP contribution in [0.3, 0.4) is 0 Å². The molecular formula is C28H32FN3O6S2. The predicted molar refractivity (Wildman–Crippen MR) is 150 cm³/mol. The summed E-state index contributed by atoms with van der Waals surface area (Å²) in [5.41, 5.74) is -0.328. The van der Waals surface area contributed by atoms with Gasteiger partial charge in [0.2, 0.25) is 5.91 Å². The summed E-state index contributed by atoms with van der Waals surface area (Å²) < 4.78 is 50.1. The molecule has 0 unspecified atom stereocenters. The van der Waals surface area contributed by atoms with Crippen LogP contribution in [0.4, 0.5) is 20.0 Å².